The normalized spacial score (nSPS) is 16.3. The molecule has 1 aliphatic heterocycles. The molecule has 2 aromatic rings. The van der Waals surface area contributed by atoms with Gasteiger partial charge in [0.05, 0.1) is 11.7 Å². The average molecular weight is 401 g/mol. The summed E-state index contributed by atoms with van der Waals surface area (Å²) in [6.45, 7) is 4.88. The van der Waals surface area contributed by atoms with E-state index in [9.17, 15) is 18.4 Å². The maximum Gasteiger partial charge on any atom is 0.251 e. The van der Waals surface area contributed by atoms with Crippen LogP contribution in [0.3, 0.4) is 0 Å². The number of benzene rings is 2. The summed E-state index contributed by atoms with van der Waals surface area (Å²) in [5, 5.41) is 5.51. The number of amides is 2. The van der Waals surface area contributed by atoms with Crippen LogP contribution in [0.4, 0.5) is 14.5 Å². The maximum atomic E-state index is 13.7. The monoisotopic (exact) mass is 401 g/mol. The minimum absolute atomic E-state index is 0.0364. The van der Waals surface area contributed by atoms with E-state index < -0.39 is 23.6 Å². The molecule has 0 bridgehead atoms. The lowest BCUT2D eigenvalue weighted by atomic mass is 10.0. The Hall–Kier alpha value is -2.80. The average Bonchev–Trinajstić information content (AvgIpc) is 2.71. The van der Waals surface area contributed by atoms with Crippen LogP contribution in [0.5, 0.6) is 0 Å². The molecule has 3 rings (SSSR count). The van der Waals surface area contributed by atoms with E-state index in [0.717, 1.165) is 23.8 Å². The number of carbonyl (C=O) groups excluding carboxylic acids is 2. The van der Waals surface area contributed by atoms with E-state index in [2.05, 4.69) is 10.6 Å². The van der Waals surface area contributed by atoms with Crippen LogP contribution >= 0.6 is 0 Å². The summed E-state index contributed by atoms with van der Waals surface area (Å²) in [5.41, 5.74) is 1.43. The number of hydrogen-bond donors (Lipinski definition) is 2. The fraction of sp³-hybridized carbons (Fsp3) is 0.364. The van der Waals surface area contributed by atoms with E-state index in [0.29, 0.717) is 31.5 Å². The van der Waals surface area contributed by atoms with Crippen LogP contribution < -0.4 is 10.6 Å². The lowest BCUT2D eigenvalue weighted by Crippen LogP contribution is -2.50. The molecule has 154 valence electrons. The predicted octanol–water partition coefficient (Wildman–Crippen LogP) is 3.49. The Morgan fingerprint density at radius 2 is 1.79 bits per heavy atom. The van der Waals surface area contributed by atoms with Gasteiger partial charge >= 0.3 is 0 Å². The van der Waals surface area contributed by atoms with Gasteiger partial charge in [-0.15, -0.1) is 0 Å². The minimum atomic E-state index is -0.676. The fourth-order valence-electron chi connectivity index (χ4n) is 3.52. The first-order valence-corrected chi connectivity index (χ1v) is 9.71. The highest BCUT2D eigenvalue weighted by Crippen LogP contribution is 2.18. The van der Waals surface area contributed by atoms with Crippen molar-refractivity contribution < 1.29 is 18.4 Å². The van der Waals surface area contributed by atoms with E-state index in [1.54, 1.807) is 13.0 Å². The number of hydrogen-bond acceptors (Lipinski definition) is 3. The number of halogens is 2. The molecule has 1 unspecified atom stereocenters. The quantitative estimate of drug-likeness (QED) is 0.806. The van der Waals surface area contributed by atoms with Crippen LogP contribution in [0.2, 0.25) is 0 Å². The molecule has 5 nitrogen and oxygen atoms in total. The van der Waals surface area contributed by atoms with Crippen LogP contribution in [0, 0.1) is 18.6 Å². The molecule has 0 radical (unpaired) electrons. The maximum absolute atomic E-state index is 13.7. The summed E-state index contributed by atoms with van der Waals surface area (Å²) in [4.78, 5) is 26.9. The van der Waals surface area contributed by atoms with Gasteiger partial charge in [0.2, 0.25) is 5.91 Å². The van der Waals surface area contributed by atoms with E-state index in [1.807, 2.05) is 30.0 Å². The molecular formula is C22H25F2N3O2. The highest BCUT2D eigenvalue weighted by molar-refractivity contribution is 5.96. The SMILES string of the molecule is Cc1ccccc1C(=O)NC1CCN(C(C)C(=O)Nc2cc(F)ccc2F)CC1. The molecule has 1 fully saturated rings. The number of anilines is 1. The van der Waals surface area contributed by atoms with Gasteiger partial charge < -0.3 is 10.6 Å². The standard InChI is InChI=1S/C22H25F2N3O2/c1-14-5-3-4-6-18(14)22(29)25-17-9-11-27(12-10-17)15(2)21(28)26-20-13-16(23)7-8-19(20)24/h3-8,13,15,17H,9-12H2,1-2H3,(H,25,29)(H,26,28). The van der Waals surface area contributed by atoms with Gasteiger partial charge in [0.25, 0.3) is 5.91 Å². The molecule has 1 heterocycles. The van der Waals surface area contributed by atoms with Gasteiger partial charge in [0, 0.05) is 30.8 Å². The smallest absolute Gasteiger partial charge is 0.251 e. The van der Waals surface area contributed by atoms with Crippen molar-refractivity contribution >= 4 is 17.5 Å². The Bertz CT molecular complexity index is 895. The molecule has 7 heteroatoms. The molecule has 0 aromatic heterocycles. The zero-order valence-electron chi connectivity index (χ0n) is 16.5. The van der Waals surface area contributed by atoms with Crippen LogP contribution in [0.15, 0.2) is 42.5 Å². The molecule has 2 amide bonds. The van der Waals surface area contributed by atoms with Crippen molar-refractivity contribution in [3.8, 4) is 0 Å². The molecule has 1 aliphatic rings. The predicted molar refractivity (Wildman–Crippen MR) is 108 cm³/mol. The number of rotatable bonds is 5. The van der Waals surface area contributed by atoms with Crippen molar-refractivity contribution in [3.05, 3.63) is 65.2 Å². The highest BCUT2D eigenvalue weighted by atomic mass is 19.1. The Balaban J connectivity index is 1.52. The number of nitrogens with zero attached hydrogens (tertiary/aromatic N) is 1. The summed E-state index contributed by atoms with van der Waals surface area (Å²) >= 11 is 0. The second kappa shape index (κ2) is 9.13. The molecule has 1 atom stereocenters. The van der Waals surface area contributed by atoms with Crippen LogP contribution in [-0.2, 0) is 4.79 Å². The Labute approximate surface area is 169 Å². The van der Waals surface area contributed by atoms with Gasteiger partial charge in [-0.2, -0.15) is 0 Å². The number of likely N-dealkylation sites (tertiary alicyclic amines) is 1. The minimum Gasteiger partial charge on any atom is -0.349 e. The number of carbonyl (C=O) groups is 2. The largest absolute Gasteiger partial charge is 0.349 e. The molecule has 2 N–H and O–H groups in total. The Kier molecular flexibility index (Phi) is 6.59. The van der Waals surface area contributed by atoms with Gasteiger partial charge in [-0.3, -0.25) is 14.5 Å². The lowest BCUT2D eigenvalue weighted by molar-refractivity contribution is -0.121. The summed E-state index contributed by atoms with van der Waals surface area (Å²) < 4.78 is 27.0. The molecule has 2 aromatic carbocycles. The van der Waals surface area contributed by atoms with Crippen LogP contribution in [0.25, 0.3) is 0 Å². The number of piperidine rings is 1. The molecular weight excluding hydrogens is 376 g/mol. The summed E-state index contributed by atoms with van der Waals surface area (Å²) in [5.74, 6) is -1.77. The van der Waals surface area contributed by atoms with Gasteiger partial charge in [0.15, 0.2) is 0 Å². The second-order valence-electron chi connectivity index (χ2n) is 7.39. The van der Waals surface area contributed by atoms with Gasteiger partial charge in [-0.05, 0) is 50.5 Å². The summed E-state index contributed by atoms with van der Waals surface area (Å²) in [6, 6.07) is 9.94. The van der Waals surface area contributed by atoms with E-state index in [4.69, 9.17) is 0 Å². The molecule has 29 heavy (non-hydrogen) atoms. The van der Waals surface area contributed by atoms with Crippen LogP contribution in [0.1, 0.15) is 35.7 Å². The van der Waals surface area contributed by atoms with Gasteiger partial charge in [0.1, 0.15) is 11.6 Å². The van der Waals surface area contributed by atoms with Crippen molar-refractivity contribution in [3.63, 3.8) is 0 Å². The van der Waals surface area contributed by atoms with E-state index >= 15 is 0 Å². The second-order valence-corrected chi connectivity index (χ2v) is 7.39. The first-order chi connectivity index (χ1) is 13.8. The van der Waals surface area contributed by atoms with Crippen molar-refractivity contribution in [1.82, 2.24) is 10.2 Å². The first kappa shape index (κ1) is 20.9. The third kappa shape index (κ3) is 5.17. The Morgan fingerprint density at radius 3 is 2.48 bits per heavy atom. The third-order valence-electron chi connectivity index (χ3n) is 5.37. The molecule has 1 saturated heterocycles. The van der Waals surface area contributed by atoms with Gasteiger partial charge in [-0.1, -0.05) is 18.2 Å². The highest BCUT2D eigenvalue weighted by Gasteiger charge is 2.28. The molecule has 0 saturated carbocycles. The fourth-order valence-corrected chi connectivity index (χ4v) is 3.52. The molecule has 0 spiro atoms. The number of nitrogens with one attached hydrogen (secondary N) is 2. The summed E-state index contributed by atoms with van der Waals surface area (Å²) in [6.07, 6.45) is 1.42. The van der Waals surface area contributed by atoms with E-state index in [-0.39, 0.29) is 17.6 Å². The third-order valence-corrected chi connectivity index (χ3v) is 5.37. The number of aryl methyl sites for hydroxylation is 1. The molecule has 0 aliphatic carbocycles. The summed E-state index contributed by atoms with van der Waals surface area (Å²) in [7, 11) is 0. The zero-order chi connectivity index (χ0) is 21.0. The van der Waals surface area contributed by atoms with Crippen molar-refractivity contribution in [2.24, 2.45) is 0 Å². The van der Waals surface area contributed by atoms with Crippen molar-refractivity contribution in [2.45, 2.75) is 38.8 Å². The van der Waals surface area contributed by atoms with Crippen molar-refractivity contribution in [2.75, 3.05) is 18.4 Å². The topological polar surface area (TPSA) is 61.4 Å². The van der Waals surface area contributed by atoms with Crippen LogP contribution in [-0.4, -0.2) is 41.9 Å². The lowest BCUT2D eigenvalue weighted by Gasteiger charge is -2.35. The zero-order valence-corrected chi connectivity index (χ0v) is 16.5. The van der Waals surface area contributed by atoms with Gasteiger partial charge in [-0.25, -0.2) is 8.78 Å². The van der Waals surface area contributed by atoms with Crippen molar-refractivity contribution in [1.29, 1.82) is 0 Å². The first-order valence-electron chi connectivity index (χ1n) is 9.71. The van der Waals surface area contributed by atoms with E-state index in [1.165, 1.54) is 0 Å². The Morgan fingerprint density at radius 1 is 1.10 bits per heavy atom.